The molecule has 0 saturated carbocycles. The van der Waals surface area contributed by atoms with Gasteiger partial charge in [-0.25, -0.2) is 5.48 Å². The van der Waals surface area contributed by atoms with Crippen molar-refractivity contribution in [3.8, 4) is 23.7 Å². The summed E-state index contributed by atoms with van der Waals surface area (Å²) >= 11 is 0. The molecule has 26 heavy (non-hydrogen) atoms. The van der Waals surface area contributed by atoms with E-state index in [0.717, 1.165) is 0 Å². The van der Waals surface area contributed by atoms with Crippen LogP contribution >= 0.6 is 0 Å². The normalized spacial score (nSPS) is 11.8. The lowest BCUT2D eigenvalue weighted by molar-refractivity contribution is -0.133. The van der Waals surface area contributed by atoms with Gasteiger partial charge in [-0.3, -0.25) is 14.8 Å². The van der Waals surface area contributed by atoms with Gasteiger partial charge in [0.25, 0.3) is 11.8 Å². The molecule has 1 aromatic heterocycles. The van der Waals surface area contributed by atoms with Crippen LogP contribution in [0.15, 0.2) is 47.1 Å². The zero-order valence-corrected chi connectivity index (χ0v) is 13.8. The van der Waals surface area contributed by atoms with E-state index in [9.17, 15) is 14.7 Å². The second kappa shape index (κ2) is 9.09. The Morgan fingerprint density at radius 3 is 2.38 bits per heavy atom. The minimum absolute atomic E-state index is 0.272. The van der Waals surface area contributed by atoms with Crippen LogP contribution in [0.5, 0.6) is 0 Å². The lowest BCUT2D eigenvalue weighted by Crippen LogP contribution is -2.51. The molecule has 0 aliphatic carbocycles. The van der Waals surface area contributed by atoms with Gasteiger partial charge >= 0.3 is 0 Å². The van der Waals surface area contributed by atoms with E-state index in [2.05, 4.69) is 29.0 Å². The summed E-state index contributed by atoms with van der Waals surface area (Å²) < 4.78 is 5.05. The van der Waals surface area contributed by atoms with Gasteiger partial charge in [0.2, 0.25) is 0 Å². The van der Waals surface area contributed by atoms with E-state index in [1.54, 1.807) is 24.3 Å². The first-order valence-electron chi connectivity index (χ1n) is 7.59. The standard InChI is InChI=1S/C19H16N2O5/c1-13(22)17(19(24)21-25)20-18(23)15-10-8-14(9-11-15)5-2-3-6-16-7-4-12-26-16/h4,7-13,17,22,25H,1H3,(H,20,23)(H,21,24)/t13-,17-/m0/s1. The van der Waals surface area contributed by atoms with Gasteiger partial charge in [-0.2, -0.15) is 0 Å². The van der Waals surface area contributed by atoms with Crippen LogP contribution in [0.4, 0.5) is 0 Å². The predicted molar refractivity (Wildman–Crippen MR) is 91.8 cm³/mol. The summed E-state index contributed by atoms with van der Waals surface area (Å²) in [6.07, 6.45) is 0.344. The first-order chi connectivity index (χ1) is 12.5. The number of aliphatic hydroxyl groups excluding tert-OH is 1. The average molecular weight is 352 g/mol. The summed E-state index contributed by atoms with van der Waals surface area (Å²) in [7, 11) is 0. The smallest absolute Gasteiger partial charge is 0.268 e. The predicted octanol–water partition coefficient (Wildman–Crippen LogP) is 0.667. The SMILES string of the molecule is C[C@H](O)[C@H](NC(=O)c1ccc(C#CC#Cc2ccco2)cc1)C(=O)NO. The maximum absolute atomic E-state index is 12.1. The Morgan fingerprint density at radius 1 is 1.12 bits per heavy atom. The van der Waals surface area contributed by atoms with Crippen molar-refractivity contribution in [1.29, 1.82) is 0 Å². The Labute approximate surface area is 150 Å². The molecule has 0 unspecified atom stereocenters. The molecule has 1 heterocycles. The van der Waals surface area contributed by atoms with Gasteiger partial charge in [-0.1, -0.05) is 5.92 Å². The fourth-order valence-electron chi connectivity index (χ4n) is 1.95. The van der Waals surface area contributed by atoms with Crippen molar-refractivity contribution in [3.05, 3.63) is 59.5 Å². The van der Waals surface area contributed by atoms with Gasteiger partial charge < -0.3 is 14.8 Å². The highest BCUT2D eigenvalue weighted by Gasteiger charge is 2.25. The number of benzene rings is 1. The number of hydrogen-bond donors (Lipinski definition) is 4. The van der Waals surface area contributed by atoms with E-state index in [-0.39, 0.29) is 5.56 Å². The highest BCUT2D eigenvalue weighted by atomic mass is 16.5. The van der Waals surface area contributed by atoms with Crippen molar-refractivity contribution < 1.29 is 24.3 Å². The Bertz CT molecular complexity index is 878. The van der Waals surface area contributed by atoms with E-state index in [1.807, 2.05) is 0 Å². The van der Waals surface area contributed by atoms with Gasteiger partial charge in [-0.15, -0.1) is 0 Å². The first-order valence-corrected chi connectivity index (χ1v) is 7.59. The molecular weight excluding hydrogens is 336 g/mol. The van der Waals surface area contributed by atoms with Crippen LogP contribution in [0.2, 0.25) is 0 Å². The molecule has 132 valence electrons. The number of hydrogen-bond acceptors (Lipinski definition) is 5. The second-order valence-electron chi connectivity index (χ2n) is 5.22. The molecule has 7 nitrogen and oxygen atoms in total. The number of amides is 2. The molecule has 0 spiro atoms. The fourth-order valence-corrected chi connectivity index (χ4v) is 1.95. The molecular formula is C19H16N2O5. The van der Waals surface area contributed by atoms with E-state index in [0.29, 0.717) is 11.3 Å². The number of carbonyl (C=O) groups excluding carboxylic acids is 2. The quantitative estimate of drug-likeness (QED) is 0.367. The van der Waals surface area contributed by atoms with Crippen molar-refractivity contribution in [2.75, 3.05) is 0 Å². The van der Waals surface area contributed by atoms with E-state index in [1.165, 1.54) is 30.8 Å². The zero-order chi connectivity index (χ0) is 18.9. The molecule has 0 aliphatic rings. The lowest BCUT2D eigenvalue weighted by atomic mass is 10.1. The minimum Gasteiger partial charge on any atom is -0.456 e. The summed E-state index contributed by atoms with van der Waals surface area (Å²) in [5.74, 6) is 9.92. The molecule has 2 rings (SSSR count). The highest BCUT2D eigenvalue weighted by molar-refractivity contribution is 5.97. The molecule has 4 N–H and O–H groups in total. The average Bonchev–Trinajstić information content (AvgIpc) is 3.16. The van der Waals surface area contributed by atoms with Crippen LogP contribution in [0.25, 0.3) is 0 Å². The lowest BCUT2D eigenvalue weighted by Gasteiger charge is -2.19. The maximum Gasteiger partial charge on any atom is 0.268 e. The van der Waals surface area contributed by atoms with Crippen LogP contribution in [-0.2, 0) is 4.79 Å². The summed E-state index contributed by atoms with van der Waals surface area (Å²) in [4.78, 5) is 23.6. The van der Waals surface area contributed by atoms with Gasteiger partial charge in [0.15, 0.2) is 5.76 Å². The summed E-state index contributed by atoms with van der Waals surface area (Å²) in [5, 5.41) is 20.5. The van der Waals surface area contributed by atoms with E-state index >= 15 is 0 Å². The fraction of sp³-hybridized carbons (Fsp3) is 0.158. The number of aliphatic hydroxyl groups is 1. The third-order valence-corrected chi connectivity index (χ3v) is 3.28. The van der Waals surface area contributed by atoms with Gasteiger partial charge in [0, 0.05) is 11.1 Å². The van der Waals surface area contributed by atoms with Gasteiger partial charge in [-0.05, 0) is 61.1 Å². The first kappa shape index (κ1) is 18.8. The Kier molecular flexibility index (Phi) is 6.58. The molecule has 1 aromatic carbocycles. The Balaban J connectivity index is 2.02. The number of carbonyl (C=O) groups is 2. The number of hydroxylamine groups is 1. The molecule has 7 heteroatoms. The Morgan fingerprint density at radius 2 is 1.81 bits per heavy atom. The zero-order valence-electron chi connectivity index (χ0n) is 13.8. The third-order valence-electron chi connectivity index (χ3n) is 3.28. The third kappa shape index (κ3) is 5.25. The Hall–Kier alpha value is -3.52. The van der Waals surface area contributed by atoms with Gasteiger partial charge in [0.1, 0.15) is 6.04 Å². The van der Waals surface area contributed by atoms with Crippen molar-refractivity contribution in [1.82, 2.24) is 10.8 Å². The number of nitrogens with one attached hydrogen (secondary N) is 2. The largest absolute Gasteiger partial charge is 0.456 e. The van der Waals surface area contributed by atoms with Crippen molar-refractivity contribution in [2.24, 2.45) is 0 Å². The molecule has 0 saturated heterocycles. The molecule has 0 aliphatic heterocycles. The van der Waals surface area contributed by atoms with Crippen LogP contribution in [-0.4, -0.2) is 34.3 Å². The summed E-state index contributed by atoms with van der Waals surface area (Å²) in [6, 6.07) is 8.47. The van der Waals surface area contributed by atoms with Crippen molar-refractivity contribution in [2.45, 2.75) is 19.1 Å². The molecule has 2 atom stereocenters. The van der Waals surface area contributed by atoms with E-state index in [4.69, 9.17) is 9.62 Å². The molecule has 0 fully saturated rings. The van der Waals surface area contributed by atoms with Crippen LogP contribution in [0.1, 0.15) is 28.6 Å². The molecule has 2 aromatic rings. The summed E-state index contributed by atoms with van der Waals surface area (Å²) in [6.45, 7) is 1.32. The van der Waals surface area contributed by atoms with Crippen molar-refractivity contribution >= 4 is 11.8 Å². The van der Waals surface area contributed by atoms with Crippen LogP contribution in [0.3, 0.4) is 0 Å². The second-order valence-corrected chi connectivity index (χ2v) is 5.22. The number of furan rings is 1. The van der Waals surface area contributed by atoms with Crippen molar-refractivity contribution in [3.63, 3.8) is 0 Å². The van der Waals surface area contributed by atoms with Gasteiger partial charge in [0.05, 0.1) is 12.4 Å². The van der Waals surface area contributed by atoms with E-state index < -0.39 is 24.0 Å². The summed E-state index contributed by atoms with van der Waals surface area (Å²) in [5.41, 5.74) is 2.32. The van der Waals surface area contributed by atoms with Crippen LogP contribution < -0.4 is 10.8 Å². The minimum atomic E-state index is -1.27. The maximum atomic E-state index is 12.1. The highest BCUT2D eigenvalue weighted by Crippen LogP contribution is 2.05. The molecule has 2 amide bonds. The monoisotopic (exact) mass is 352 g/mol. The molecule has 0 bridgehead atoms. The molecule has 0 radical (unpaired) electrons. The topological polar surface area (TPSA) is 112 Å². The van der Waals surface area contributed by atoms with Crippen LogP contribution in [0, 0.1) is 23.7 Å². The number of rotatable bonds is 4.